The van der Waals surface area contributed by atoms with Crippen molar-refractivity contribution in [2.75, 3.05) is 13.9 Å². The van der Waals surface area contributed by atoms with Crippen molar-refractivity contribution in [3.8, 4) is 0 Å². The van der Waals surface area contributed by atoms with E-state index in [0.717, 1.165) is 0 Å². The highest BCUT2D eigenvalue weighted by Crippen LogP contribution is 2.10. The fraction of sp³-hybridized carbons (Fsp3) is 0.200. The molecule has 0 aromatic heterocycles. The van der Waals surface area contributed by atoms with Crippen LogP contribution in [0.1, 0.15) is 20.7 Å². The summed E-state index contributed by atoms with van der Waals surface area (Å²) in [5, 5.41) is 8.80. The molecule has 0 aliphatic carbocycles. The number of ether oxygens (including phenoxy) is 2. The summed E-state index contributed by atoms with van der Waals surface area (Å²) in [6.07, 6.45) is 0. The van der Waals surface area contributed by atoms with Crippen molar-refractivity contribution in [3.63, 3.8) is 0 Å². The number of carbonyl (C=O) groups is 2. The molecule has 0 saturated carbocycles. The van der Waals surface area contributed by atoms with E-state index in [4.69, 9.17) is 5.11 Å². The number of hydrogen-bond acceptors (Lipinski definition) is 4. The van der Waals surface area contributed by atoms with Crippen molar-refractivity contribution < 1.29 is 24.2 Å². The molecule has 0 fully saturated rings. The van der Waals surface area contributed by atoms with Gasteiger partial charge in [0.2, 0.25) is 0 Å². The van der Waals surface area contributed by atoms with Crippen LogP contribution in [0.2, 0.25) is 0 Å². The van der Waals surface area contributed by atoms with Crippen LogP contribution in [0.3, 0.4) is 0 Å². The van der Waals surface area contributed by atoms with Crippen molar-refractivity contribution in [1.82, 2.24) is 0 Å². The molecule has 0 aliphatic heterocycles. The zero-order valence-corrected chi connectivity index (χ0v) is 8.10. The van der Waals surface area contributed by atoms with Crippen LogP contribution in [-0.4, -0.2) is 30.9 Å². The van der Waals surface area contributed by atoms with Gasteiger partial charge in [0, 0.05) is 7.11 Å². The van der Waals surface area contributed by atoms with Gasteiger partial charge in [-0.25, -0.2) is 9.59 Å². The molecule has 1 aromatic carbocycles. The van der Waals surface area contributed by atoms with Gasteiger partial charge in [-0.1, -0.05) is 12.1 Å². The number of esters is 1. The molecule has 1 rings (SSSR count). The molecule has 0 radical (unpaired) electrons. The summed E-state index contributed by atoms with van der Waals surface area (Å²) in [7, 11) is 1.37. The lowest BCUT2D eigenvalue weighted by molar-refractivity contribution is -0.0127. The number of carboxylic acids is 1. The summed E-state index contributed by atoms with van der Waals surface area (Å²) in [6.45, 7) is -0.202. The molecule has 1 aromatic rings. The van der Waals surface area contributed by atoms with Gasteiger partial charge in [-0.3, -0.25) is 0 Å². The number of hydrogen-bond donors (Lipinski definition) is 1. The first kappa shape index (κ1) is 11.2. The molecule has 15 heavy (non-hydrogen) atoms. The maximum Gasteiger partial charge on any atom is 0.341 e. The minimum Gasteiger partial charge on any atom is -0.478 e. The molecule has 0 spiro atoms. The van der Waals surface area contributed by atoms with Crippen LogP contribution < -0.4 is 0 Å². The monoisotopic (exact) mass is 210 g/mol. The van der Waals surface area contributed by atoms with Gasteiger partial charge in [-0.15, -0.1) is 0 Å². The summed E-state index contributed by atoms with van der Waals surface area (Å²) in [4.78, 5) is 22.1. The Morgan fingerprint density at radius 1 is 1.27 bits per heavy atom. The molecule has 0 bridgehead atoms. The minimum absolute atomic E-state index is 0.0158. The number of methoxy groups -OCH3 is 1. The Kier molecular flexibility index (Phi) is 3.82. The van der Waals surface area contributed by atoms with E-state index >= 15 is 0 Å². The average molecular weight is 210 g/mol. The van der Waals surface area contributed by atoms with Crippen LogP contribution >= 0.6 is 0 Å². The van der Waals surface area contributed by atoms with Crippen LogP contribution in [0.25, 0.3) is 0 Å². The predicted octanol–water partition coefficient (Wildman–Crippen LogP) is 1.15. The van der Waals surface area contributed by atoms with Crippen LogP contribution in [0.5, 0.6) is 0 Å². The van der Waals surface area contributed by atoms with E-state index in [0.29, 0.717) is 0 Å². The molecule has 0 atom stereocenters. The topological polar surface area (TPSA) is 72.8 Å². The Hall–Kier alpha value is -1.88. The second-order valence-corrected chi connectivity index (χ2v) is 2.69. The zero-order chi connectivity index (χ0) is 11.3. The zero-order valence-electron chi connectivity index (χ0n) is 8.10. The summed E-state index contributed by atoms with van der Waals surface area (Å²) in [5.41, 5.74) is -0.0688. The summed E-state index contributed by atoms with van der Waals surface area (Å²) < 4.78 is 9.19. The van der Waals surface area contributed by atoms with Gasteiger partial charge < -0.3 is 14.6 Å². The Morgan fingerprint density at radius 2 is 1.87 bits per heavy atom. The standard InChI is InChI=1S/C10H10O5/c1-14-6-15-10(13)8-5-3-2-4-7(8)9(11)12/h2-5H,6H2,1H3,(H,11,12). The summed E-state index contributed by atoms with van der Waals surface area (Å²) in [6, 6.07) is 5.83. The molecule has 1 N–H and O–H groups in total. The Morgan fingerprint density at radius 3 is 2.40 bits per heavy atom. The van der Waals surface area contributed by atoms with Gasteiger partial charge in [0.15, 0.2) is 6.79 Å². The highest BCUT2D eigenvalue weighted by molar-refractivity contribution is 6.02. The van der Waals surface area contributed by atoms with E-state index in [-0.39, 0.29) is 17.9 Å². The van der Waals surface area contributed by atoms with Crippen LogP contribution in [0, 0.1) is 0 Å². The second kappa shape index (κ2) is 5.11. The highest BCUT2D eigenvalue weighted by atomic mass is 16.7. The third-order valence-electron chi connectivity index (χ3n) is 1.69. The fourth-order valence-corrected chi connectivity index (χ4v) is 1.04. The lowest BCUT2D eigenvalue weighted by atomic mass is 10.1. The van der Waals surface area contributed by atoms with E-state index in [1.807, 2.05) is 0 Å². The van der Waals surface area contributed by atoms with Crippen LogP contribution in [0.15, 0.2) is 24.3 Å². The van der Waals surface area contributed by atoms with Crippen LogP contribution in [-0.2, 0) is 9.47 Å². The highest BCUT2D eigenvalue weighted by Gasteiger charge is 2.16. The van der Waals surface area contributed by atoms with Crippen molar-refractivity contribution in [2.45, 2.75) is 0 Å². The fourth-order valence-electron chi connectivity index (χ4n) is 1.04. The third-order valence-corrected chi connectivity index (χ3v) is 1.69. The maximum atomic E-state index is 11.4. The molecular formula is C10H10O5. The SMILES string of the molecule is COCOC(=O)c1ccccc1C(=O)O. The predicted molar refractivity (Wildman–Crippen MR) is 50.7 cm³/mol. The Labute approximate surface area is 86.2 Å². The number of rotatable bonds is 4. The van der Waals surface area contributed by atoms with Gasteiger partial charge in [0.05, 0.1) is 11.1 Å². The molecule has 0 aliphatic rings. The summed E-state index contributed by atoms with van der Waals surface area (Å²) in [5.74, 6) is -1.88. The van der Waals surface area contributed by atoms with Crippen molar-refractivity contribution >= 4 is 11.9 Å². The molecule has 0 amide bonds. The number of carbonyl (C=O) groups excluding carboxylic acids is 1. The van der Waals surface area contributed by atoms with Gasteiger partial charge in [0.25, 0.3) is 0 Å². The molecular weight excluding hydrogens is 200 g/mol. The second-order valence-electron chi connectivity index (χ2n) is 2.69. The Bertz CT molecular complexity index is 372. The van der Waals surface area contributed by atoms with Crippen LogP contribution in [0.4, 0.5) is 0 Å². The lowest BCUT2D eigenvalue weighted by Gasteiger charge is -2.05. The molecule has 0 unspecified atom stereocenters. The van der Waals surface area contributed by atoms with Gasteiger partial charge in [0.1, 0.15) is 0 Å². The Balaban J connectivity index is 2.92. The van der Waals surface area contributed by atoms with E-state index in [1.165, 1.54) is 25.3 Å². The van der Waals surface area contributed by atoms with Gasteiger partial charge in [-0.05, 0) is 12.1 Å². The van der Waals surface area contributed by atoms with E-state index in [2.05, 4.69) is 9.47 Å². The number of carboxylic acid groups (broad SMARTS) is 1. The third kappa shape index (κ3) is 2.78. The summed E-state index contributed by atoms with van der Waals surface area (Å²) >= 11 is 0. The van der Waals surface area contributed by atoms with Gasteiger partial charge in [-0.2, -0.15) is 0 Å². The largest absolute Gasteiger partial charge is 0.478 e. The molecule has 0 heterocycles. The average Bonchev–Trinajstić information content (AvgIpc) is 2.25. The van der Waals surface area contributed by atoms with Crippen molar-refractivity contribution in [1.29, 1.82) is 0 Å². The normalized spacial score (nSPS) is 9.67. The quantitative estimate of drug-likeness (QED) is 0.596. The first-order valence-corrected chi connectivity index (χ1v) is 4.15. The van der Waals surface area contributed by atoms with E-state index in [9.17, 15) is 9.59 Å². The van der Waals surface area contributed by atoms with E-state index < -0.39 is 11.9 Å². The molecule has 0 saturated heterocycles. The minimum atomic E-state index is -1.17. The first-order valence-electron chi connectivity index (χ1n) is 4.15. The van der Waals surface area contributed by atoms with Gasteiger partial charge >= 0.3 is 11.9 Å². The molecule has 5 nitrogen and oxygen atoms in total. The van der Waals surface area contributed by atoms with Crippen molar-refractivity contribution in [2.24, 2.45) is 0 Å². The number of benzene rings is 1. The van der Waals surface area contributed by atoms with E-state index in [1.54, 1.807) is 6.07 Å². The lowest BCUT2D eigenvalue weighted by Crippen LogP contribution is -2.12. The number of aromatic carboxylic acids is 1. The molecule has 80 valence electrons. The van der Waals surface area contributed by atoms with Crippen molar-refractivity contribution in [3.05, 3.63) is 35.4 Å². The maximum absolute atomic E-state index is 11.4. The smallest absolute Gasteiger partial charge is 0.341 e. The first-order chi connectivity index (χ1) is 7.16. The molecule has 5 heteroatoms.